The fourth-order valence-electron chi connectivity index (χ4n) is 1.68. The summed E-state index contributed by atoms with van der Waals surface area (Å²) in [5.41, 5.74) is 5.89. The number of nitrogens with one attached hydrogen (secondary N) is 1. The van der Waals surface area contributed by atoms with E-state index in [4.69, 9.17) is 10.5 Å². The number of ether oxygens (including phenoxy) is 1. The van der Waals surface area contributed by atoms with Gasteiger partial charge in [-0.2, -0.15) is 0 Å². The summed E-state index contributed by atoms with van der Waals surface area (Å²) in [6, 6.07) is 9.04. The molecule has 0 radical (unpaired) electrons. The molecule has 4 nitrogen and oxygen atoms in total. The molecule has 0 saturated heterocycles. The fraction of sp³-hybridized carbons (Fsp3) is 0.500. The van der Waals surface area contributed by atoms with E-state index in [9.17, 15) is 5.11 Å². The summed E-state index contributed by atoms with van der Waals surface area (Å²) in [5, 5.41) is 13.0. The van der Waals surface area contributed by atoms with Gasteiger partial charge in [-0.3, -0.25) is 0 Å². The predicted octanol–water partition coefficient (Wildman–Crippen LogP) is 0.757. The molecule has 2 atom stereocenters. The molecule has 0 aliphatic heterocycles. The summed E-state index contributed by atoms with van der Waals surface area (Å²) in [5.74, 6) is 7.59. The minimum absolute atomic E-state index is 0.292. The molecule has 4 N–H and O–H groups in total. The number of rotatable bonds is 7. The molecule has 0 spiro atoms. The van der Waals surface area contributed by atoms with Crippen molar-refractivity contribution in [2.45, 2.75) is 25.0 Å². The second-order valence-corrected chi connectivity index (χ2v) is 5.08. The average Bonchev–Trinajstić information content (AvgIpc) is 3.29. The van der Waals surface area contributed by atoms with Gasteiger partial charge in [-0.05, 0) is 25.0 Å². The average molecular weight is 274 g/mol. The predicted molar refractivity (Wildman–Crippen MR) is 79.3 cm³/mol. The van der Waals surface area contributed by atoms with E-state index in [0.717, 1.165) is 5.75 Å². The van der Waals surface area contributed by atoms with E-state index >= 15 is 0 Å². The standard InChI is InChI=1S/C16H22N2O2/c17-15(12-20-14-6-2-1-3-7-14)16(19)11-18-10-4-5-13-8-9-13/h1-3,6-7,13,15-16,18-19H,8-12,17H2/t15-,16+/m0/s1. The summed E-state index contributed by atoms with van der Waals surface area (Å²) in [6.45, 7) is 1.32. The lowest BCUT2D eigenvalue weighted by Crippen LogP contribution is -2.45. The van der Waals surface area contributed by atoms with Crippen LogP contribution < -0.4 is 15.8 Å². The summed E-state index contributed by atoms with van der Waals surface area (Å²) in [7, 11) is 0. The van der Waals surface area contributed by atoms with Gasteiger partial charge in [-0.15, -0.1) is 0 Å². The molecule has 4 heteroatoms. The zero-order valence-corrected chi connectivity index (χ0v) is 11.6. The minimum Gasteiger partial charge on any atom is -0.492 e. The van der Waals surface area contributed by atoms with Crippen molar-refractivity contribution in [1.82, 2.24) is 5.32 Å². The third kappa shape index (κ3) is 5.62. The maximum absolute atomic E-state index is 9.90. The summed E-state index contributed by atoms with van der Waals surface area (Å²) < 4.78 is 5.52. The molecule has 0 amide bonds. The van der Waals surface area contributed by atoms with Crippen molar-refractivity contribution in [2.24, 2.45) is 11.7 Å². The molecule has 0 unspecified atom stereocenters. The summed E-state index contributed by atoms with van der Waals surface area (Å²) >= 11 is 0. The van der Waals surface area contributed by atoms with Gasteiger partial charge in [0, 0.05) is 12.5 Å². The Bertz CT molecular complexity index is 449. The molecule has 2 rings (SSSR count). The zero-order valence-electron chi connectivity index (χ0n) is 11.6. The topological polar surface area (TPSA) is 67.5 Å². The summed E-state index contributed by atoms with van der Waals surface area (Å²) in [6.07, 6.45) is 1.83. The lowest BCUT2D eigenvalue weighted by molar-refractivity contribution is 0.115. The van der Waals surface area contributed by atoms with Gasteiger partial charge in [0.2, 0.25) is 0 Å². The first-order valence-corrected chi connectivity index (χ1v) is 7.06. The number of para-hydroxylation sites is 1. The molecule has 1 aromatic rings. The Kier molecular flexibility index (Phi) is 5.87. The van der Waals surface area contributed by atoms with Gasteiger partial charge in [-0.25, -0.2) is 0 Å². The zero-order chi connectivity index (χ0) is 14.2. The Morgan fingerprint density at radius 3 is 2.80 bits per heavy atom. The van der Waals surface area contributed by atoms with E-state index in [1.54, 1.807) is 0 Å². The third-order valence-corrected chi connectivity index (χ3v) is 3.13. The van der Waals surface area contributed by atoms with Gasteiger partial charge < -0.3 is 20.9 Å². The molecule has 108 valence electrons. The van der Waals surface area contributed by atoms with Gasteiger partial charge in [0.15, 0.2) is 0 Å². The Morgan fingerprint density at radius 1 is 1.35 bits per heavy atom. The van der Waals surface area contributed by atoms with Gasteiger partial charge in [0.1, 0.15) is 12.4 Å². The Labute approximate surface area is 120 Å². The van der Waals surface area contributed by atoms with E-state index in [2.05, 4.69) is 17.2 Å². The number of nitrogens with two attached hydrogens (primary N) is 1. The van der Waals surface area contributed by atoms with Crippen LogP contribution in [0, 0.1) is 17.8 Å². The molecule has 1 aliphatic carbocycles. The number of hydrogen-bond donors (Lipinski definition) is 3. The first-order chi connectivity index (χ1) is 9.75. The van der Waals surface area contributed by atoms with Crippen molar-refractivity contribution >= 4 is 0 Å². The first-order valence-electron chi connectivity index (χ1n) is 7.06. The maximum atomic E-state index is 9.90. The molecule has 1 saturated carbocycles. The van der Waals surface area contributed by atoms with Crippen LogP contribution in [0.15, 0.2) is 30.3 Å². The van der Waals surface area contributed by atoms with Crippen LogP contribution >= 0.6 is 0 Å². The van der Waals surface area contributed by atoms with Crippen molar-refractivity contribution in [3.63, 3.8) is 0 Å². The second kappa shape index (κ2) is 7.91. The van der Waals surface area contributed by atoms with E-state index in [1.807, 2.05) is 30.3 Å². The third-order valence-electron chi connectivity index (χ3n) is 3.13. The van der Waals surface area contributed by atoms with Crippen molar-refractivity contribution in [3.8, 4) is 17.6 Å². The van der Waals surface area contributed by atoms with Crippen molar-refractivity contribution in [1.29, 1.82) is 0 Å². The lowest BCUT2D eigenvalue weighted by Gasteiger charge is -2.19. The van der Waals surface area contributed by atoms with Crippen molar-refractivity contribution in [3.05, 3.63) is 30.3 Å². The van der Waals surface area contributed by atoms with E-state index in [1.165, 1.54) is 12.8 Å². The normalized spacial score (nSPS) is 16.9. The molecule has 0 heterocycles. The van der Waals surface area contributed by atoms with Gasteiger partial charge in [0.05, 0.1) is 18.7 Å². The Morgan fingerprint density at radius 2 is 2.10 bits per heavy atom. The first kappa shape index (κ1) is 14.9. The van der Waals surface area contributed by atoms with Crippen LogP contribution in [0.4, 0.5) is 0 Å². The quantitative estimate of drug-likeness (QED) is 0.507. The monoisotopic (exact) mass is 274 g/mol. The van der Waals surface area contributed by atoms with Gasteiger partial charge >= 0.3 is 0 Å². The number of benzene rings is 1. The SMILES string of the molecule is N[C@@H](COc1ccccc1)[C@H](O)CNCC#CC1CC1. The maximum Gasteiger partial charge on any atom is 0.119 e. The summed E-state index contributed by atoms with van der Waals surface area (Å²) in [4.78, 5) is 0. The second-order valence-electron chi connectivity index (χ2n) is 5.08. The molecule has 0 bridgehead atoms. The molecule has 1 aliphatic rings. The van der Waals surface area contributed by atoms with Crippen LogP contribution in [0.2, 0.25) is 0 Å². The van der Waals surface area contributed by atoms with Crippen LogP contribution in [0.3, 0.4) is 0 Å². The van der Waals surface area contributed by atoms with E-state index in [0.29, 0.717) is 25.6 Å². The smallest absolute Gasteiger partial charge is 0.119 e. The number of aliphatic hydroxyl groups is 1. The molecular weight excluding hydrogens is 252 g/mol. The minimum atomic E-state index is -0.638. The van der Waals surface area contributed by atoms with Gasteiger partial charge in [-0.1, -0.05) is 30.0 Å². The van der Waals surface area contributed by atoms with Crippen LogP contribution in [0.1, 0.15) is 12.8 Å². The Hall–Kier alpha value is -1.54. The van der Waals surface area contributed by atoms with Crippen LogP contribution in [0.25, 0.3) is 0 Å². The highest BCUT2D eigenvalue weighted by Gasteiger charge is 2.17. The van der Waals surface area contributed by atoms with E-state index < -0.39 is 12.1 Å². The van der Waals surface area contributed by atoms with Crippen LogP contribution in [-0.2, 0) is 0 Å². The van der Waals surface area contributed by atoms with E-state index in [-0.39, 0.29) is 0 Å². The van der Waals surface area contributed by atoms with Crippen molar-refractivity contribution < 1.29 is 9.84 Å². The van der Waals surface area contributed by atoms with Crippen LogP contribution in [0.5, 0.6) is 5.75 Å². The number of aliphatic hydroxyl groups excluding tert-OH is 1. The largest absolute Gasteiger partial charge is 0.492 e. The van der Waals surface area contributed by atoms with Gasteiger partial charge in [0.25, 0.3) is 0 Å². The Balaban J connectivity index is 1.59. The highest BCUT2D eigenvalue weighted by Crippen LogP contribution is 2.27. The highest BCUT2D eigenvalue weighted by atomic mass is 16.5. The number of hydrogen-bond acceptors (Lipinski definition) is 4. The molecule has 1 aromatic carbocycles. The molecule has 0 aromatic heterocycles. The van der Waals surface area contributed by atoms with Crippen LogP contribution in [-0.4, -0.2) is 36.9 Å². The molecular formula is C16H22N2O2. The lowest BCUT2D eigenvalue weighted by atomic mass is 10.2. The molecule has 20 heavy (non-hydrogen) atoms. The fourth-order valence-corrected chi connectivity index (χ4v) is 1.68. The highest BCUT2D eigenvalue weighted by molar-refractivity contribution is 5.21. The molecule has 1 fully saturated rings. The van der Waals surface area contributed by atoms with Crippen molar-refractivity contribution in [2.75, 3.05) is 19.7 Å².